The summed E-state index contributed by atoms with van der Waals surface area (Å²) in [5.41, 5.74) is 3.37. The molecule has 8 heteroatoms. The number of hydrogen-bond donors (Lipinski definition) is 1. The summed E-state index contributed by atoms with van der Waals surface area (Å²) in [6.07, 6.45) is 2.08. The minimum absolute atomic E-state index is 0. The average Bonchev–Trinajstić information content (AvgIpc) is 3.02. The van der Waals surface area contributed by atoms with E-state index >= 15 is 0 Å². The third kappa shape index (κ3) is 7.23. The van der Waals surface area contributed by atoms with E-state index in [9.17, 15) is 4.39 Å². The first-order valence-electron chi connectivity index (χ1n) is 10.2. The number of aromatic nitrogens is 2. The normalized spacial score (nSPS) is 12.8. The monoisotopic (exact) mass is 530 g/mol. The van der Waals surface area contributed by atoms with E-state index in [1.54, 1.807) is 0 Å². The van der Waals surface area contributed by atoms with E-state index in [0.717, 1.165) is 30.3 Å². The van der Waals surface area contributed by atoms with Crippen LogP contribution in [0, 0.1) is 5.82 Å². The lowest BCUT2D eigenvalue weighted by molar-refractivity contribution is 0.305. The van der Waals surface area contributed by atoms with Crippen LogP contribution >= 0.6 is 24.0 Å². The Morgan fingerprint density at radius 2 is 1.83 bits per heavy atom. The molecule has 0 spiro atoms. The van der Waals surface area contributed by atoms with Crippen LogP contribution < -0.4 is 5.32 Å². The summed E-state index contributed by atoms with van der Waals surface area (Å²) in [7, 11) is 8.04. The second-order valence-electron chi connectivity index (χ2n) is 7.95. The lowest BCUT2D eigenvalue weighted by atomic mass is 10.1. The minimum atomic E-state index is -0.222. The van der Waals surface area contributed by atoms with Crippen LogP contribution in [0.5, 0.6) is 0 Å². The highest BCUT2D eigenvalue weighted by molar-refractivity contribution is 14.0. The Labute approximate surface area is 197 Å². The molecule has 2 rings (SSSR count). The van der Waals surface area contributed by atoms with Gasteiger partial charge in [-0.3, -0.25) is 9.67 Å². The van der Waals surface area contributed by atoms with Crippen LogP contribution in [-0.2, 0) is 13.6 Å². The molecule has 0 radical (unpaired) electrons. The van der Waals surface area contributed by atoms with Crippen molar-refractivity contribution in [2.24, 2.45) is 12.0 Å². The summed E-state index contributed by atoms with van der Waals surface area (Å²) < 4.78 is 15.2. The molecule has 30 heavy (non-hydrogen) atoms. The van der Waals surface area contributed by atoms with E-state index in [0.29, 0.717) is 12.5 Å². The van der Waals surface area contributed by atoms with Crippen molar-refractivity contribution in [3.05, 3.63) is 53.1 Å². The highest BCUT2D eigenvalue weighted by Gasteiger charge is 2.17. The van der Waals surface area contributed by atoms with Crippen LogP contribution in [0.1, 0.15) is 49.6 Å². The Morgan fingerprint density at radius 3 is 2.37 bits per heavy atom. The number of halogens is 2. The third-order valence-corrected chi connectivity index (χ3v) is 4.88. The van der Waals surface area contributed by atoms with Crippen LogP contribution in [-0.4, -0.2) is 59.8 Å². The molecule has 0 fully saturated rings. The van der Waals surface area contributed by atoms with Crippen LogP contribution in [0.25, 0.3) is 0 Å². The molecule has 1 N–H and O–H groups in total. The number of aryl methyl sites for hydroxylation is 1. The number of hydrogen-bond acceptors (Lipinski definition) is 3. The summed E-state index contributed by atoms with van der Waals surface area (Å²) in [4.78, 5) is 9.12. The van der Waals surface area contributed by atoms with E-state index in [2.05, 4.69) is 47.2 Å². The molecule has 168 valence electrons. The maximum atomic E-state index is 13.3. The van der Waals surface area contributed by atoms with Crippen molar-refractivity contribution in [1.82, 2.24) is 24.9 Å². The van der Waals surface area contributed by atoms with Crippen molar-refractivity contribution >= 4 is 29.9 Å². The highest BCUT2D eigenvalue weighted by Crippen LogP contribution is 2.20. The molecule has 2 aromatic rings. The van der Waals surface area contributed by atoms with E-state index in [-0.39, 0.29) is 35.8 Å². The quantitative estimate of drug-likeness (QED) is 0.319. The summed E-state index contributed by atoms with van der Waals surface area (Å²) in [5.74, 6) is 0.996. The summed E-state index contributed by atoms with van der Waals surface area (Å²) >= 11 is 0. The molecule has 0 saturated heterocycles. The molecule has 1 aromatic heterocycles. The lowest BCUT2D eigenvalue weighted by Gasteiger charge is -2.26. The maximum absolute atomic E-state index is 13.3. The standard InChI is InChI=1S/C22H35FN6.HI/c1-8-24-22(28(6)14-18-15-29(7)26-21(18)16(2)3)25-13-20(27(4)5)17-9-11-19(23)12-10-17;/h9-12,15-16,20H,8,13-14H2,1-7H3,(H,24,25);1H. The highest BCUT2D eigenvalue weighted by atomic mass is 127. The Kier molecular flexibility index (Phi) is 10.8. The number of aliphatic imine (C=N–C) groups is 1. The second-order valence-corrected chi connectivity index (χ2v) is 7.95. The predicted octanol–water partition coefficient (Wildman–Crippen LogP) is 4.00. The first kappa shape index (κ1) is 26.4. The molecule has 1 atom stereocenters. The number of benzene rings is 1. The van der Waals surface area contributed by atoms with Gasteiger partial charge in [-0.1, -0.05) is 26.0 Å². The summed E-state index contributed by atoms with van der Waals surface area (Å²) in [6, 6.07) is 6.74. The van der Waals surface area contributed by atoms with Gasteiger partial charge in [-0.05, 0) is 44.6 Å². The topological polar surface area (TPSA) is 48.7 Å². The minimum Gasteiger partial charge on any atom is -0.357 e. The Morgan fingerprint density at radius 1 is 1.20 bits per heavy atom. The van der Waals surface area contributed by atoms with Crippen molar-refractivity contribution in [2.45, 2.75) is 39.3 Å². The molecule has 1 unspecified atom stereocenters. The number of nitrogens with zero attached hydrogens (tertiary/aromatic N) is 5. The fraction of sp³-hybridized carbons (Fsp3) is 0.545. The van der Waals surface area contributed by atoms with Crippen LogP contribution in [0.3, 0.4) is 0 Å². The van der Waals surface area contributed by atoms with Crippen molar-refractivity contribution in [3.63, 3.8) is 0 Å². The number of likely N-dealkylation sites (N-methyl/N-ethyl adjacent to an activating group) is 1. The first-order valence-corrected chi connectivity index (χ1v) is 10.2. The third-order valence-electron chi connectivity index (χ3n) is 4.88. The SMILES string of the molecule is CCNC(=NCC(c1ccc(F)cc1)N(C)C)N(C)Cc1cn(C)nc1C(C)C.I. The first-order chi connectivity index (χ1) is 13.7. The van der Waals surface area contributed by atoms with Gasteiger partial charge in [0.1, 0.15) is 5.82 Å². The molecule has 0 saturated carbocycles. The fourth-order valence-electron chi connectivity index (χ4n) is 3.39. The molecular weight excluding hydrogens is 494 g/mol. The number of guanidine groups is 1. The Balaban J connectivity index is 0.00000450. The number of nitrogens with one attached hydrogen (secondary N) is 1. The van der Waals surface area contributed by atoms with E-state index in [4.69, 9.17) is 4.99 Å². The fourth-order valence-corrected chi connectivity index (χ4v) is 3.39. The van der Waals surface area contributed by atoms with Crippen molar-refractivity contribution in [2.75, 3.05) is 34.2 Å². The molecule has 0 amide bonds. The smallest absolute Gasteiger partial charge is 0.194 e. The van der Waals surface area contributed by atoms with Gasteiger partial charge in [-0.15, -0.1) is 24.0 Å². The molecule has 0 aliphatic carbocycles. The van der Waals surface area contributed by atoms with Gasteiger partial charge in [0, 0.05) is 38.9 Å². The Bertz CT molecular complexity index is 800. The lowest BCUT2D eigenvalue weighted by Crippen LogP contribution is -2.39. The van der Waals surface area contributed by atoms with E-state index < -0.39 is 0 Å². The van der Waals surface area contributed by atoms with E-state index in [1.165, 1.54) is 17.7 Å². The zero-order valence-corrected chi connectivity index (χ0v) is 21.5. The molecule has 6 nitrogen and oxygen atoms in total. The summed E-state index contributed by atoms with van der Waals surface area (Å²) in [5, 5.41) is 7.99. The van der Waals surface area contributed by atoms with Gasteiger partial charge < -0.3 is 15.1 Å². The van der Waals surface area contributed by atoms with Gasteiger partial charge in [0.05, 0.1) is 18.3 Å². The van der Waals surface area contributed by atoms with Gasteiger partial charge in [-0.2, -0.15) is 5.10 Å². The predicted molar refractivity (Wildman–Crippen MR) is 133 cm³/mol. The van der Waals surface area contributed by atoms with E-state index in [1.807, 2.05) is 45.0 Å². The maximum Gasteiger partial charge on any atom is 0.194 e. The Hall–Kier alpha value is -1.68. The van der Waals surface area contributed by atoms with Gasteiger partial charge in [0.25, 0.3) is 0 Å². The summed E-state index contributed by atoms with van der Waals surface area (Å²) in [6.45, 7) is 8.49. The molecule has 1 heterocycles. The van der Waals surface area contributed by atoms with Crippen molar-refractivity contribution < 1.29 is 4.39 Å². The van der Waals surface area contributed by atoms with Gasteiger partial charge in [0.15, 0.2) is 5.96 Å². The second kappa shape index (κ2) is 12.2. The zero-order valence-electron chi connectivity index (χ0n) is 19.2. The molecular formula is C22H36FIN6. The number of rotatable bonds is 8. The van der Waals surface area contributed by atoms with Crippen molar-refractivity contribution in [1.29, 1.82) is 0 Å². The van der Waals surface area contributed by atoms with Crippen molar-refractivity contribution in [3.8, 4) is 0 Å². The zero-order chi connectivity index (χ0) is 21.6. The molecule has 0 bridgehead atoms. The van der Waals surface area contributed by atoms with Gasteiger partial charge >= 0.3 is 0 Å². The van der Waals surface area contributed by atoms with Crippen LogP contribution in [0.4, 0.5) is 4.39 Å². The van der Waals surface area contributed by atoms with Gasteiger partial charge in [-0.25, -0.2) is 4.39 Å². The average molecular weight is 530 g/mol. The molecule has 1 aromatic carbocycles. The van der Waals surface area contributed by atoms with Crippen LogP contribution in [0.2, 0.25) is 0 Å². The largest absolute Gasteiger partial charge is 0.357 e. The molecule has 0 aliphatic heterocycles. The molecule has 0 aliphatic rings. The van der Waals surface area contributed by atoms with Gasteiger partial charge in [0.2, 0.25) is 0 Å². The van der Waals surface area contributed by atoms with Crippen LogP contribution in [0.15, 0.2) is 35.5 Å².